The molecule has 3 N–H and O–H groups in total. The summed E-state index contributed by atoms with van der Waals surface area (Å²) in [6, 6.07) is 3.61. The third-order valence-corrected chi connectivity index (χ3v) is 3.38. The van der Waals surface area contributed by atoms with E-state index in [0.717, 1.165) is 0 Å². The number of amides is 1. The van der Waals surface area contributed by atoms with Gasteiger partial charge in [-0.1, -0.05) is 27.5 Å². The third kappa shape index (κ3) is 4.30. The highest BCUT2D eigenvalue weighted by Gasteiger charge is 2.22. The summed E-state index contributed by atoms with van der Waals surface area (Å²) in [6.45, 7) is 0. The van der Waals surface area contributed by atoms with E-state index in [0.29, 0.717) is 15.2 Å². The summed E-state index contributed by atoms with van der Waals surface area (Å²) in [4.78, 5) is 30.0. The van der Waals surface area contributed by atoms with Crippen molar-refractivity contribution >= 4 is 39.4 Å². The fourth-order valence-corrected chi connectivity index (χ4v) is 2.60. The number of carboxylic acid groups (broad SMARTS) is 1. The summed E-state index contributed by atoms with van der Waals surface area (Å²) in [5.41, 5.74) is 0.903. The maximum absolute atomic E-state index is 12.1. The smallest absolute Gasteiger partial charge is 0.326 e. The first kappa shape index (κ1) is 15.5. The minimum Gasteiger partial charge on any atom is -0.480 e. The molecule has 0 saturated carbocycles. The lowest BCUT2D eigenvalue weighted by molar-refractivity contribution is -0.139. The molecule has 1 aromatic heterocycles. The van der Waals surface area contributed by atoms with Gasteiger partial charge >= 0.3 is 5.97 Å². The van der Waals surface area contributed by atoms with Gasteiger partial charge in [0.1, 0.15) is 6.04 Å². The van der Waals surface area contributed by atoms with Crippen LogP contribution < -0.4 is 5.32 Å². The largest absolute Gasteiger partial charge is 0.480 e. The Morgan fingerprint density at radius 1 is 1.43 bits per heavy atom. The number of aliphatic carboxylic acids is 1. The molecule has 1 unspecified atom stereocenters. The molecule has 2 aromatic rings. The standard InChI is InChI=1S/C13H11BrClN3O3/c14-8-1-7(2-9(15)3-8)12(19)18-11(13(20)21)4-10-5-16-6-17-10/h1-3,5-6,11H,4H2,(H,16,17)(H,18,19)(H,20,21). The highest BCUT2D eigenvalue weighted by Crippen LogP contribution is 2.19. The van der Waals surface area contributed by atoms with E-state index < -0.39 is 17.9 Å². The van der Waals surface area contributed by atoms with Gasteiger partial charge in [0.2, 0.25) is 0 Å². The van der Waals surface area contributed by atoms with E-state index in [4.69, 9.17) is 11.6 Å². The lowest BCUT2D eigenvalue weighted by atomic mass is 10.1. The van der Waals surface area contributed by atoms with Crippen molar-refractivity contribution in [3.05, 3.63) is 51.5 Å². The third-order valence-electron chi connectivity index (χ3n) is 2.71. The fraction of sp³-hybridized carbons (Fsp3) is 0.154. The minimum atomic E-state index is -1.13. The maximum atomic E-state index is 12.1. The van der Waals surface area contributed by atoms with Crippen LogP contribution in [0.4, 0.5) is 0 Å². The molecule has 0 radical (unpaired) electrons. The summed E-state index contributed by atoms with van der Waals surface area (Å²) < 4.78 is 0.639. The number of nitrogens with zero attached hydrogens (tertiary/aromatic N) is 1. The summed E-state index contributed by atoms with van der Waals surface area (Å²) >= 11 is 9.10. The number of carbonyl (C=O) groups is 2. The van der Waals surface area contributed by atoms with Crippen LogP contribution in [-0.2, 0) is 11.2 Å². The number of rotatable bonds is 5. The first-order chi connectivity index (χ1) is 9.95. The highest BCUT2D eigenvalue weighted by atomic mass is 79.9. The quantitative estimate of drug-likeness (QED) is 0.750. The van der Waals surface area contributed by atoms with Crippen LogP contribution in [0.25, 0.3) is 0 Å². The van der Waals surface area contributed by atoms with Crippen LogP contribution in [0.1, 0.15) is 16.1 Å². The van der Waals surface area contributed by atoms with E-state index in [9.17, 15) is 14.7 Å². The van der Waals surface area contributed by atoms with Crippen LogP contribution >= 0.6 is 27.5 Å². The maximum Gasteiger partial charge on any atom is 0.326 e. The molecular formula is C13H11BrClN3O3. The zero-order valence-electron chi connectivity index (χ0n) is 10.6. The number of hydrogen-bond donors (Lipinski definition) is 3. The van der Waals surface area contributed by atoms with Gasteiger partial charge in [0.25, 0.3) is 5.91 Å². The normalized spacial score (nSPS) is 11.9. The molecule has 1 aromatic carbocycles. The summed E-state index contributed by atoms with van der Waals surface area (Å²) in [5, 5.41) is 12.0. The second kappa shape index (κ2) is 6.73. The second-order valence-electron chi connectivity index (χ2n) is 4.30. The number of benzene rings is 1. The number of carbonyl (C=O) groups excluding carboxylic acids is 1. The van der Waals surface area contributed by atoms with E-state index in [1.54, 1.807) is 12.1 Å². The van der Waals surface area contributed by atoms with Crippen LogP contribution in [0.3, 0.4) is 0 Å². The Morgan fingerprint density at radius 3 is 2.76 bits per heavy atom. The number of imidazole rings is 1. The van der Waals surface area contributed by atoms with Gasteiger partial charge in [0.15, 0.2) is 0 Å². The van der Waals surface area contributed by atoms with E-state index in [1.165, 1.54) is 18.6 Å². The van der Waals surface area contributed by atoms with Gasteiger partial charge in [0, 0.05) is 33.4 Å². The Labute approximate surface area is 133 Å². The first-order valence-corrected chi connectivity index (χ1v) is 7.10. The highest BCUT2D eigenvalue weighted by molar-refractivity contribution is 9.10. The van der Waals surface area contributed by atoms with Gasteiger partial charge in [-0.15, -0.1) is 0 Å². The SMILES string of the molecule is O=C(NC(Cc1cnc[nH]1)C(=O)O)c1cc(Cl)cc(Br)c1. The van der Waals surface area contributed by atoms with Crippen molar-refractivity contribution in [2.24, 2.45) is 0 Å². The molecule has 0 saturated heterocycles. The summed E-state index contributed by atoms with van der Waals surface area (Å²) in [6.07, 6.45) is 3.07. The van der Waals surface area contributed by atoms with E-state index in [1.807, 2.05) is 0 Å². The summed E-state index contributed by atoms with van der Waals surface area (Å²) in [5.74, 6) is -1.64. The lowest BCUT2D eigenvalue weighted by Gasteiger charge is -2.14. The van der Waals surface area contributed by atoms with E-state index >= 15 is 0 Å². The predicted octanol–water partition coefficient (Wildman–Crippen LogP) is 2.25. The van der Waals surface area contributed by atoms with E-state index in [-0.39, 0.29) is 12.0 Å². The average molecular weight is 373 g/mol. The molecule has 0 aliphatic heterocycles. The monoisotopic (exact) mass is 371 g/mol. The van der Waals surface area contributed by atoms with Crippen LogP contribution in [0, 0.1) is 0 Å². The van der Waals surface area contributed by atoms with Gasteiger partial charge in [0.05, 0.1) is 6.33 Å². The van der Waals surface area contributed by atoms with Crippen LogP contribution in [0.2, 0.25) is 5.02 Å². The average Bonchev–Trinajstić information content (AvgIpc) is 2.89. The molecule has 110 valence electrons. The molecule has 6 nitrogen and oxygen atoms in total. The first-order valence-electron chi connectivity index (χ1n) is 5.92. The van der Waals surface area contributed by atoms with E-state index in [2.05, 4.69) is 31.2 Å². The molecule has 0 bridgehead atoms. The number of carboxylic acids is 1. The summed E-state index contributed by atoms with van der Waals surface area (Å²) in [7, 11) is 0. The van der Waals surface area contributed by atoms with Crippen LogP contribution in [-0.4, -0.2) is 33.0 Å². The zero-order chi connectivity index (χ0) is 15.4. The Kier molecular flexibility index (Phi) is 4.98. The fourth-order valence-electron chi connectivity index (χ4n) is 1.74. The second-order valence-corrected chi connectivity index (χ2v) is 5.66. The molecule has 0 fully saturated rings. The Hall–Kier alpha value is -1.86. The van der Waals surface area contributed by atoms with Crippen molar-refractivity contribution in [3.63, 3.8) is 0 Å². The lowest BCUT2D eigenvalue weighted by Crippen LogP contribution is -2.42. The number of aromatic nitrogens is 2. The number of halogens is 2. The number of hydrogen-bond acceptors (Lipinski definition) is 3. The van der Waals surface area contributed by atoms with Gasteiger partial charge in [-0.2, -0.15) is 0 Å². The van der Waals surface area contributed by atoms with Gasteiger partial charge < -0.3 is 15.4 Å². The van der Waals surface area contributed by atoms with Crippen molar-refractivity contribution in [3.8, 4) is 0 Å². The molecule has 1 heterocycles. The predicted molar refractivity (Wildman–Crippen MR) is 80.3 cm³/mol. The molecule has 1 atom stereocenters. The Balaban J connectivity index is 2.12. The molecule has 1 amide bonds. The minimum absolute atomic E-state index is 0.114. The van der Waals surface area contributed by atoms with Crippen LogP contribution in [0.15, 0.2) is 35.2 Å². The van der Waals surface area contributed by atoms with Gasteiger partial charge in [-0.05, 0) is 18.2 Å². The Bertz CT molecular complexity index is 640. The van der Waals surface area contributed by atoms with Crippen molar-refractivity contribution < 1.29 is 14.7 Å². The molecule has 0 aliphatic rings. The topological polar surface area (TPSA) is 95.1 Å². The molecule has 0 spiro atoms. The van der Waals surface area contributed by atoms with Gasteiger partial charge in [-0.25, -0.2) is 9.78 Å². The van der Waals surface area contributed by atoms with Crippen molar-refractivity contribution in [1.29, 1.82) is 0 Å². The zero-order valence-corrected chi connectivity index (χ0v) is 13.0. The molecule has 21 heavy (non-hydrogen) atoms. The van der Waals surface area contributed by atoms with Crippen molar-refractivity contribution in [1.82, 2.24) is 15.3 Å². The van der Waals surface area contributed by atoms with Gasteiger partial charge in [-0.3, -0.25) is 4.79 Å². The number of nitrogens with one attached hydrogen (secondary N) is 2. The number of H-pyrrole nitrogens is 1. The Morgan fingerprint density at radius 2 is 2.19 bits per heavy atom. The molecule has 2 rings (SSSR count). The van der Waals surface area contributed by atoms with Crippen LogP contribution in [0.5, 0.6) is 0 Å². The van der Waals surface area contributed by atoms with Crippen molar-refractivity contribution in [2.75, 3.05) is 0 Å². The van der Waals surface area contributed by atoms with Crippen molar-refractivity contribution in [2.45, 2.75) is 12.5 Å². The molecule has 0 aliphatic carbocycles. The number of aromatic amines is 1. The molecular weight excluding hydrogens is 362 g/mol. The molecule has 8 heteroatoms.